The van der Waals surface area contributed by atoms with E-state index in [9.17, 15) is 10.1 Å². The van der Waals surface area contributed by atoms with E-state index in [0.29, 0.717) is 51.5 Å². The van der Waals surface area contributed by atoms with Crippen LogP contribution in [0.2, 0.25) is 5.02 Å². The molecule has 1 saturated carbocycles. The summed E-state index contributed by atoms with van der Waals surface area (Å²) in [5.74, 6) is 0.668. The first-order chi connectivity index (χ1) is 21.1. The summed E-state index contributed by atoms with van der Waals surface area (Å²) in [6.45, 7) is 7.46. The van der Waals surface area contributed by atoms with E-state index < -0.39 is 0 Å². The summed E-state index contributed by atoms with van der Waals surface area (Å²) < 4.78 is 12.1. The Morgan fingerprint density at radius 1 is 1.09 bits per heavy atom. The maximum atomic E-state index is 12.5. The molecular weight excluding hydrogens is 564 g/mol. The number of carbonyl (C=O) groups excluding carboxylic acids is 1. The van der Waals surface area contributed by atoms with Crippen LogP contribution in [0.3, 0.4) is 0 Å². The van der Waals surface area contributed by atoms with Gasteiger partial charge in [-0.2, -0.15) is 15.2 Å². The van der Waals surface area contributed by atoms with Gasteiger partial charge in [-0.1, -0.05) is 55.3 Å². The third-order valence-corrected chi connectivity index (χ3v) is 9.05. The van der Waals surface area contributed by atoms with Crippen molar-refractivity contribution in [3.05, 3.63) is 65.3 Å². The lowest BCUT2D eigenvalue weighted by molar-refractivity contribution is -0.128. The van der Waals surface area contributed by atoms with Gasteiger partial charge in [-0.3, -0.25) is 4.79 Å². The highest BCUT2D eigenvalue weighted by molar-refractivity contribution is 6.36. The predicted molar refractivity (Wildman–Crippen MR) is 168 cm³/mol. The number of benzene rings is 2. The first-order valence-corrected chi connectivity index (χ1v) is 15.5. The topological polar surface area (TPSA) is 94.8 Å². The van der Waals surface area contributed by atoms with Crippen molar-refractivity contribution in [1.29, 1.82) is 5.26 Å². The number of hydrogen-bond donors (Lipinski definition) is 0. The zero-order valence-electron chi connectivity index (χ0n) is 24.4. The summed E-state index contributed by atoms with van der Waals surface area (Å²) in [4.78, 5) is 28.6. The minimum absolute atomic E-state index is 0.153. The van der Waals surface area contributed by atoms with E-state index >= 15 is 0 Å². The first-order valence-electron chi connectivity index (χ1n) is 15.2. The number of nitrogens with zero attached hydrogens (tertiary/aromatic N) is 6. The van der Waals surface area contributed by atoms with Crippen molar-refractivity contribution in [1.82, 2.24) is 14.9 Å². The van der Waals surface area contributed by atoms with E-state index in [4.69, 9.17) is 31.0 Å². The maximum absolute atomic E-state index is 12.5. The number of halogens is 1. The van der Waals surface area contributed by atoms with E-state index in [2.05, 4.69) is 46.7 Å². The highest BCUT2D eigenvalue weighted by Gasteiger charge is 2.33. The minimum Gasteiger partial charge on any atom is -0.461 e. The summed E-state index contributed by atoms with van der Waals surface area (Å²) in [6, 6.07) is 14.6. The molecule has 1 atom stereocenters. The molecule has 3 aromatic rings. The zero-order valence-corrected chi connectivity index (χ0v) is 25.1. The number of piperazine rings is 1. The number of nitriles is 1. The van der Waals surface area contributed by atoms with E-state index in [1.54, 1.807) is 4.90 Å². The molecular formula is C33H37ClN6O3. The Balaban J connectivity index is 1.29. The fraction of sp³-hybridized carbons (Fsp3) is 0.455. The standard InChI is InChI=1S/C33H37ClN6O3/c1-2-30(41)40-18-17-39(21-24(40)13-15-35)32-26-14-16-38(29-12-6-8-23-7-5-11-27(34)31(23)29)22-28(26)36-33(37-32)43-20-19-42-25-9-3-4-10-25/h2,5-8,11-12,24-25H,1,3-4,9-10,13-14,16-22H2/t24-/m0/s1. The third kappa shape index (κ3) is 6.27. The second kappa shape index (κ2) is 13.2. The Bertz CT molecular complexity index is 1530. The molecule has 43 heavy (non-hydrogen) atoms. The second-order valence-electron chi connectivity index (χ2n) is 11.4. The van der Waals surface area contributed by atoms with Crippen molar-refractivity contribution >= 4 is 39.8 Å². The number of aromatic nitrogens is 2. The van der Waals surface area contributed by atoms with Gasteiger partial charge >= 0.3 is 6.01 Å². The van der Waals surface area contributed by atoms with Crippen LogP contribution in [0.4, 0.5) is 11.5 Å². The summed E-state index contributed by atoms with van der Waals surface area (Å²) >= 11 is 6.69. The molecule has 1 amide bonds. The summed E-state index contributed by atoms with van der Waals surface area (Å²) in [6.07, 6.45) is 7.28. The highest BCUT2D eigenvalue weighted by Crippen LogP contribution is 2.37. The number of amides is 1. The summed E-state index contributed by atoms with van der Waals surface area (Å²) in [5, 5.41) is 12.4. The Morgan fingerprint density at radius 2 is 1.91 bits per heavy atom. The van der Waals surface area contributed by atoms with Crippen LogP contribution in [-0.4, -0.2) is 72.3 Å². The van der Waals surface area contributed by atoms with Crippen LogP contribution in [0.25, 0.3) is 10.8 Å². The SMILES string of the molecule is C=CC(=O)N1CCN(c2nc(OCCOC3CCCC3)nc3c2CCN(c2cccc4cccc(Cl)c24)C3)C[C@@H]1CC#N. The molecule has 0 N–H and O–H groups in total. The fourth-order valence-corrected chi connectivity index (χ4v) is 6.88. The number of hydrogen-bond acceptors (Lipinski definition) is 8. The van der Waals surface area contributed by atoms with Gasteiger partial charge in [-0.15, -0.1) is 0 Å². The molecule has 0 unspecified atom stereocenters. The van der Waals surface area contributed by atoms with Crippen LogP contribution < -0.4 is 14.5 Å². The predicted octanol–water partition coefficient (Wildman–Crippen LogP) is 5.30. The molecule has 3 aliphatic rings. The number of rotatable bonds is 9. The van der Waals surface area contributed by atoms with Crippen LogP contribution in [-0.2, 0) is 22.5 Å². The Morgan fingerprint density at radius 3 is 2.70 bits per heavy atom. The van der Waals surface area contributed by atoms with Crippen LogP contribution in [0, 0.1) is 11.3 Å². The van der Waals surface area contributed by atoms with Gasteiger partial charge in [0.2, 0.25) is 5.91 Å². The van der Waals surface area contributed by atoms with Crippen molar-refractivity contribution in [2.45, 2.75) is 57.2 Å². The lowest BCUT2D eigenvalue weighted by atomic mass is 10.0. The zero-order chi connectivity index (χ0) is 29.8. The first kappa shape index (κ1) is 29.2. The van der Waals surface area contributed by atoms with Crippen molar-refractivity contribution in [3.63, 3.8) is 0 Å². The average Bonchev–Trinajstić information content (AvgIpc) is 3.56. The second-order valence-corrected chi connectivity index (χ2v) is 11.8. The summed E-state index contributed by atoms with van der Waals surface area (Å²) in [7, 11) is 0. The van der Waals surface area contributed by atoms with Gasteiger partial charge in [0.05, 0.1) is 48.5 Å². The van der Waals surface area contributed by atoms with Crippen molar-refractivity contribution in [2.24, 2.45) is 0 Å². The molecule has 1 saturated heterocycles. The minimum atomic E-state index is -0.253. The number of ether oxygens (including phenoxy) is 2. The molecule has 3 heterocycles. The van der Waals surface area contributed by atoms with E-state index in [-0.39, 0.29) is 18.4 Å². The van der Waals surface area contributed by atoms with Crippen LogP contribution >= 0.6 is 11.6 Å². The highest BCUT2D eigenvalue weighted by atomic mass is 35.5. The van der Waals surface area contributed by atoms with Gasteiger partial charge in [-0.25, -0.2) is 0 Å². The molecule has 0 spiro atoms. The van der Waals surface area contributed by atoms with Gasteiger partial charge < -0.3 is 24.2 Å². The monoisotopic (exact) mass is 600 g/mol. The smallest absolute Gasteiger partial charge is 0.318 e. The molecule has 10 heteroatoms. The lowest BCUT2D eigenvalue weighted by Crippen LogP contribution is -2.55. The number of anilines is 2. The average molecular weight is 601 g/mol. The third-order valence-electron chi connectivity index (χ3n) is 8.73. The van der Waals surface area contributed by atoms with Crippen LogP contribution in [0.1, 0.15) is 43.4 Å². The largest absolute Gasteiger partial charge is 0.461 e. The van der Waals surface area contributed by atoms with Gasteiger partial charge in [0.1, 0.15) is 12.4 Å². The van der Waals surface area contributed by atoms with E-state index in [0.717, 1.165) is 64.4 Å². The summed E-state index contributed by atoms with van der Waals surface area (Å²) in [5.41, 5.74) is 3.07. The van der Waals surface area contributed by atoms with Crippen molar-refractivity contribution in [3.8, 4) is 12.1 Å². The maximum Gasteiger partial charge on any atom is 0.318 e. The molecule has 1 aliphatic carbocycles. The normalized spacial score (nSPS) is 18.9. The Kier molecular flexibility index (Phi) is 8.96. The molecule has 6 rings (SSSR count). The van der Waals surface area contributed by atoms with Crippen LogP contribution in [0.15, 0.2) is 49.1 Å². The van der Waals surface area contributed by atoms with Crippen molar-refractivity contribution < 1.29 is 14.3 Å². The molecule has 0 radical (unpaired) electrons. The fourth-order valence-electron chi connectivity index (χ4n) is 6.60. The Labute approximate surface area is 257 Å². The molecule has 2 aromatic carbocycles. The van der Waals surface area contributed by atoms with E-state index in [1.807, 2.05) is 12.1 Å². The van der Waals surface area contributed by atoms with Crippen molar-refractivity contribution in [2.75, 3.05) is 49.2 Å². The lowest BCUT2D eigenvalue weighted by Gasteiger charge is -2.42. The van der Waals surface area contributed by atoms with Gasteiger partial charge in [0, 0.05) is 42.8 Å². The molecule has 224 valence electrons. The quantitative estimate of drug-likeness (QED) is 0.241. The molecule has 2 aliphatic heterocycles. The molecule has 0 bridgehead atoms. The van der Waals surface area contributed by atoms with Gasteiger partial charge in [0.15, 0.2) is 0 Å². The van der Waals surface area contributed by atoms with Crippen LogP contribution in [0.5, 0.6) is 6.01 Å². The molecule has 1 aromatic heterocycles. The number of fused-ring (bicyclic) bond motifs is 2. The molecule has 2 fully saturated rings. The number of carbonyl (C=O) groups is 1. The van der Waals surface area contributed by atoms with Gasteiger partial charge in [0.25, 0.3) is 0 Å². The Hall–Kier alpha value is -3.87. The van der Waals surface area contributed by atoms with Gasteiger partial charge in [-0.05, 0) is 42.9 Å². The van der Waals surface area contributed by atoms with E-state index in [1.165, 1.54) is 18.9 Å². The molecule has 9 nitrogen and oxygen atoms in total.